The first-order chi connectivity index (χ1) is 4.93. The smallest absolute Gasteiger partial charge is 0.0931 e. The molecule has 1 aliphatic heterocycles. The molecule has 0 aromatic rings. The van der Waals surface area contributed by atoms with Gasteiger partial charge in [-0.25, -0.2) is 9.78 Å². The number of alkyl halides is 1. The summed E-state index contributed by atoms with van der Waals surface area (Å²) in [6.07, 6.45) is 4.59. The highest BCUT2D eigenvalue weighted by Crippen LogP contribution is 2.14. The summed E-state index contributed by atoms with van der Waals surface area (Å²) in [5.41, 5.74) is 0. The number of halogens is 1. The Balaban J connectivity index is 2.02. The third kappa shape index (κ3) is 2.86. The highest BCUT2D eigenvalue weighted by atomic mass is 35.5. The van der Waals surface area contributed by atoms with Crippen LogP contribution in [-0.2, 0) is 9.78 Å². The predicted molar refractivity (Wildman–Crippen MR) is 40.0 cm³/mol. The van der Waals surface area contributed by atoms with Crippen LogP contribution in [0.15, 0.2) is 0 Å². The average molecular weight is 165 g/mol. The van der Waals surface area contributed by atoms with Crippen LogP contribution in [0.3, 0.4) is 0 Å². The first kappa shape index (κ1) is 8.31. The van der Waals surface area contributed by atoms with Crippen LogP contribution in [0.25, 0.3) is 0 Å². The third-order valence-electron chi connectivity index (χ3n) is 1.62. The maximum Gasteiger partial charge on any atom is 0.0931 e. The van der Waals surface area contributed by atoms with Gasteiger partial charge in [0.1, 0.15) is 0 Å². The van der Waals surface area contributed by atoms with Crippen LogP contribution in [0.1, 0.15) is 25.7 Å². The van der Waals surface area contributed by atoms with Crippen molar-refractivity contribution in [3.05, 3.63) is 0 Å². The van der Waals surface area contributed by atoms with Gasteiger partial charge in [0.25, 0.3) is 0 Å². The molecular weight excluding hydrogens is 152 g/mol. The molecule has 0 aromatic carbocycles. The van der Waals surface area contributed by atoms with E-state index in [1.54, 1.807) is 0 Å². The van der Waals surface area contributed by atoms with Gasteiger partial charge in [-0.15, -0.1) is 11.6 Å². The lowest BCUT2D eigenvalue weighted by Crippen LogP contribution is -2.19. The fourth-order valence-electron chi connectivity index (χ4n) is 1.06. The largest absolute Gasteiger partial charge is 0.236 e. The molecule has 0 aliphatic carbocycles. The van der Waals surface area contributed by atoms with Crippen LogP contribution in [0.5, 0.6) is 0 Å². The summed E-state index contributed by atoms with van der Waals surface area (Å²) in [6.45, 7) is 0.747. The van der Waals surface area contributed by atoms with E-state index in [1.165, 1.54) is 0 Å². The Morgan fingerprint density at radius 2 is 2.40 bits per heavy atom. The molecule has 3 heteroatoms. The molecule has 0 saturated carbocycles. The summed E-state index contributed by atoms with van der Waals surface area (Å²) in [5.74, 6) is 0.722. The lowest BCUT2D eigenvalue weighted by Gasteiger charge is -2.20. The van der Waals surface area contributed by atoms with Gasteiger partial charge in [-0.1, -0.05) is 0 Å². The summed E-state index contributed by atoms with van der Waals surface area (Å²) in [5, 5.41) is 0. The quantitative estimate of drug-likeness (QED) is 0.470. The zero-order valence-electron chi connectivity index (χ0n) is 6.01. The summed E-state index contributed by atoms with van der Waals surface area (Å²) in [4.78, 5) is 9.86. The van der Waals surface area contributed by atoms with E-state index in [2.05, 4.69) is 0 Å². The second-order valence-corrected chi connectivity index (χ2v) is 2.89. The maximum atomic E-state index is 5.52. The monoisotopic (exact) mass is 164 g/mol. The molecule has 0 amide bonds. The van der Waals surface area contributed by atoms with Crippen molar-refractivity contribution in [2.45, 2.75) is 31.8 Å². The van der Waals surface area contributed by atoms with Crippen LogP contribution in [0.4, 0.5) is 0 Å². The molecule has 0 bridgehead atoms. The summed E-state index contributed by atoms with van der Waals surface area (Å²) < 4.78 is 0. The van der Waals surface area contributed by atoms with E-state index in [0.29, 0.717) is 6.10 Å². The molecule has 0 spiro atoms. The van der Waals surface area contributed by atoms with E-state index in [0.717, 1.165) is 38.2 Å². The van der Waals surface area contributed by atoms with Crippen molar-refractivity contribution >= 4 is 11.6 Å². The first-order valence-electron chi connectivity index (χ1n) is 3.77. The van der Waals surface area contributed by atoms with Gasteiger partial charge in [0.2, 0.25) is 0 Å². The lowest BCUT2D eigenvalue weighted by molar-refractivity contribution is -0.345. The Hall–Kier alpha value is 0.210. The van der Waals surface area contributed by atoms with Crippen molar-refractivity contribution in [2.24, 2.45) is 0 Å². The molecule has 1 unspecified atom stereocenters. The van der Waals surface area contributed by atoms with Crippen molar-refractivity contribution in [2.75, 3.05) is 12.5 Å². The molecule has 1 atom stereocenters. The Labute approximate surface area is 66.4 Å². The minimum absolute atomic E-state index is 0.299. The van der Waals surface area contributed by atoms with E-state index in [4.69, 9.17) is 21.4 Å². The van der Waals surface area contributed by atoms with Gasteiger partial charge < -0.3 is 0 Å². The standard InChI is InChI=1S/C7H13ClO2/c8-5-1-3-7-4-2-6-9-10-7/h7H,1-6H2. The zero-order valence-corrected chi connectivity index (χ0v) is 6.77. The molecular formula is C7H13ClO2. The highest BCUT2D eigenvalue weighted by molar-refractivity contribution is 6.17. The second-order valence-electron chi connectivity index (χ2n) is 2.51. The molecule has 0 N–H and O–H groups in total. The van der Waals surface area contributed by atoms with Gasteiger partial charge in [-0.05, 0) is 25.7 Å². The molecule has 1 fully saturated rings. The van der Waals surface area contributed by atoms with Crippen LogP contribution in [0.2, 0.25) is 0 Å². The number of hydrogen-bond acceptors (Lipinski definition) is 2. The fraction of sp³-hybridized carbons (Fsp3) is 1.00. The SMILES string of the molecule is ClCCCC1CCCOO1. The van der Waals surface area contributed by atoms with Crippen LogP contribution < -0.4 is 0 Å². The van der Waals surface area contributed by atoms with Gasteiger partial charge >= 0.3 is 0 Å². The molecule has 60 valence electrons. The summed E-state index contributed by atoms with van der Waals surface area (Å²) in [6, 6.07) is 0. The van der Waals surface area contributed by atoms with E-state index < -0.39 is 0 Å². The Morgan fingerprint density at radius 1 is 1.50 bits per heavy atom. The van der Waals surface area contributed by atoms with E-state index in [-0.39, 0.29) is 0 Å². The van der Waals surface area contributed by atoms with Crippen LogP contribution in [-0.4, -0.2) is 18.6 Å². The van der Waals surface area contributed by atoms with E-state index in [9.17, 15) is 0 Å². The molecule has 0 radical (unpaired) electrons. The van der Waals surface area contributed by atoms with Crippen molar-refractivity contribution in [1.29, 1.82) is 0 Å². The van der Waals surface area contributed by atoms with Gasteiger partial charge in [-0.2, -0.15) is 0 Å². The van der Waals surface area contributed by atoms with Crippen LogP contribution in [0, 0.1) is 0 Å². The molecule has 2 nitrogen and oxygen atoms in total. The molecule has 1 heterocycles. The first-order valence-corrected chi connectivity index (χ1v) is 4.31. The topological polar surface area (TPSA) is 18.5 Å². The van der Waals surface area contributed by atoms with Gasteiger partial charge in [0.05, 0.1) is 12.7 Å². The van der Waals surface area contributed by atoms with E-state index >= 15 is 0 Å². The third-order valence-corrected chi connectivity index (χ3v) is 1.88. The second kappa shape index (κ2) is 4.94. The van der Waals surface area contributed by atoms with Gasteiger partial charge in [0, 0.05) is 5.88 Å². The lowest BCUT2D eigenvalue weighted by atomic mass is 10.1. The average Bonchev–Trinajstić information content (AvgIpc) is 2.03. The fourth-order valence-corrected chi connectivity index (χ4v) is 1.21. The number of hydrogen-bond donors (Lipinski definition) is 0. The van der Waals surface area contributed by atoms with Crippen molar-refractivity contribution in [1.82, 2.24) is 0 Å². The molecule has 1 rings (SSSR count). The minimum atomic E-state index is 0.299. The Kier molecular flexibility index (Phi) is 4.10. The van der Waals surface area contributed by atoms with Gasteiger partial charge in [0.15, 0.2) is 0 Å². The Bertz CT molecular complexity index is 81.7. The van der Waals surface area contributed by atoms with Crippen molar-refractivity contribution in [3.8, 4) is 0 Å². The van der Waals surface area contributed by atoms with Crippen LogP contribution >= 0.6 is 11.6 Å². The molecule has 10 heavy (non-hydrogen) atoms. The van der Waals surface area contributed by atoms with Crippen molar-refractivity contribution < 1.29 is 9.78 Å². The normalized spacial score (nSPS) is 26.7. The summed E-state index contributed by atoms with van der Waals surface area (Å²) >= 11 is 5.52. The highest BCUT2D eigenvalue weighted by Gasteiger charge is 2.13. The zero-order chi connectivity index (χ0) is 7.23. The Morgan fingerprint density at radius 3 is 3.00 bits per heavy atom. The maximum absolute atomic E-state index is 5.52. The molecule has 1 aliphatic rings. The molecule has 1 saturated heterocycles. The predicted octanol–water partition coefficient (Wildman–Crippen LogP) is 2.12. The van der Waals surface area contributed by atoms with Crippen molar-refractivity contribution in [3.63, 3.8) is 0 Å². The van der Waals surface area contributed by atoms with E-state index in [1.807, 2.05) is 0 Å². The van der Waals surface area contributed by atoms with Gasteiger partial charge in [-0.3, -0.25) is 0 Å². The number of rotatable bonds is 3. The minimum Gasteiger partial charge on any atom is -0.236 e. The molecule has 0 aromatic heterocycles. The summed E-state index contributed by atoms with van der Waals surface area (Å²) in [7, 11) is 0.